The van der Waals surface area contributed by atoms with E-state index in [0.29, 0.717) is 5.33 Å². The first kappa shape index (κ1) is 12.2. The van der Waals surface area contributed by atoms with E-state index in [1.165, 1.54) is 0 Å². The molecule has 1 atom stereocenters. The molecule has 3 nitrogen and oxygen atoms in total. The minimum atomic E-state index is -0.0276. The van der Waals surface area contributed by atoms with Crippen molar-refractivity contribution in [3.63, 3.8) is 0 Å². The monoisotopic (exact) mass is 295 g/mol. The van der Waals surface area contributed by atoms with Gasteiger partial charge >= 0.3 is 0 Å². The Kier molecular flexibility index (Phi) is 3.52. The Morgan fingerprint density at radius 3 is 2.94 bits per heavy atom. The van der Waals surface area contributed by atoms with Gasteiger partial charge in [-0.1, -0.05) is 22.9 Å². The van der Waals surface area contributed by atoms with Crippen molar-refractivity contribution in [2.75, 3.05) is 12.4 Å². The number of benzene rings is 1. The van der Waals surface area contributed by atoms with Gasteiger partial charge in [0.15, 0.2) is 5.78 Å². The Morgan fingerprint density at radius 1 is 1.53 bits per heavy atom. The summed E-state index contributed by atoms with van der Waals surface area (Å²) in [6.45, 7) is 1.91. The van der Waals surface area contributed by atoms with Crippen LogP contribution in [-0.4, -0.2) is 23.2 Å². The molecular formula is C13H14BrNO2. The number of carbonyl (C=O) groups excluding carboxylic acids is 1. The summed E-state index contributed by atoms with van der Waals surface area (Å²) in [5.74, 6) is 0.874. The van der Waals surface area contributed by atoms with Crippen LogP contribution in [0.5, 0.6) is 5.75 Å². The highest BCUT2D eigenvalue weighted by atomic mass is 79.9. The molecule has 0 radical (unpaired) electrons. The summed E-state index contributed by atoms with van der Waals surface area (Å²) < 4.78 is 5.18. The van der Waals surface area contributed by atoms with E-state index in [-0.39, 0.29) is 11.7 Å². The van der Waals surface area contributed by atoms with Gasteiger partial charge in [0.25, 0.3) is 0 Å². The molecule has 0 aliphatic heterocycles. The summed E-state index contributed by atoms with van der Waals surface area (Å²) in [5.41, 5.74) is 1.68. The molecule has 4 heteroatoms. The highest BCUT2D eigenvalue weighted by Crippen LogP contribution is 2.25. The fourth-order valence-electron chi connectivity index (χ4n) is 1.77. The van der Waals surface area contributed by atoms with Gasteiger partial charge in [0.2, 0.25) is 0 Å². The van der Waals surface area contributed by atoms with E-state index >= 15 is 0 Å². The molecular weight excluding hydrogens is 282 g/mol. The molecule has 1 aromatic heterocycles. The van der Waals surface area contributed by atoms with Crippen molar-refractivity contribution < 1.29 is 9.53 Å². The molecule has 0 fully saturated rings. The number of rotatable bonds is 4. The van der Waals surface area contributed by atoms with Gasteiger partial charge < -0.3 is 9.72 Å². The molecule has 0 saturated heterocycles. The highest BCUT2D eigenvalue weighted by molar-refractivity contribution is 9.09. The molecule has 0 saturated carbocycles. The fraction of sp³-hybridized carbons (Fsp3) is 0.308. The van der Waals surface area contributed by atoms with E-state index in [1.807, 2.05) is 25.1 Å². The van der Waals surface area contributed by atoms with Crippen LogP contribution in [0.1, 0.15) is 17.3 Å². The topological polar surface area (TPSA) is 42.1 Å². The second-order valence-electron chi connectivity index (χ2n) is 4.03. The number of methoxy groups -OCH3 is 1. The quantitative estimate of drug-likeness (QED) is 0.694. The van der Waals surface area contributed by atoms with Gasteiger partial charge in [0.1, 0.15) is 5.75 Å². The number of aromatic nitrogens is 1. The van der Waals surface area contributed by atoms with E-state index in [0.717, 1.165) is 22.2 Å². The van der Waals surface area contributed by atoms with Gasteiger partial charge in [-0.3, -0.25) is 4.79 Å². The number of ketones is 1. The zero-order valence-electron chi connectivity index (χ0n) is 9.79. The Balaban J connectivity index is 2.51. The summed E-state index contributed by atoms with van der Waals surface area (Å²) in [4.78, 5) is 15.3. The lowest BCUT2D eigenvalue weighted by Crippen LogP contribution is -2.11. The molecule has 90 valence electrons. The number of aromatic amines is 1. The molecule has 0 aliphatic carbocycles. The predicted molar refractivity (Wildman–Crippen MR) is 72.1 cm³/mol. The molecule has 0 amide bonds. The van der Waals surface area contributed by atoms with Crippen LogP contribution in [0.4, 0.5) is 0 Å². The van der Waals surface area contributed by atoms with Crippen LogP contribution >= 0.6 is 15.9 Å². The van der Waals surface area contributed by atoms with Crippen molar-refractivity contribution in [1.29, 1.82) is 0 Å². The molecule has 17 heavy (non-hydrogen) atoms. The number of hydrogen-bond donors (Lipinski definition) is 1. The van der Waals surface area contributed by atoms with E-state index < -0.39 is 0 Å². The first-order chi connectivity index (χ1) is 8.17. The summed E-state index contributed by atoms with van der Waals surface area (Å²) >= 11 is 3.34. The van der Waals surface area contributed by atoms with Gasteiger partial charge in [-0.05, 0) is 18.2 Å². The third-order valence-corrected chi connectivity index (χ3v) is 3.80. The lowest BCUT2D eigenvalue weighted by Gasteiger charge is -2.05. The highest BCUT2D eigenvalue weighted by Gasteiger charge is 2.17. The average Bonchev–Trinajstić information content (AvgIpc) is 2.79. The maximum Gasteiger partial charge on any atom is 0.168 e. The standard InChI is InChI=1S/C13H14BrNO2/c1-8(6-14)13(16)11-7-15-12-4-3-9(17-2)5-10(11)12/h3-5,7-8,15H,6H2,1-2H3/t8-/m0/s1. The fourth-order valence-corrected chi connectivity index (χ4v) is 2.06. The van der Waals surface area contributed by atoms with Crippen LogP contribution < -0.4 is 4.74 Å². The van der Waals surface area contributed by atoms with E-state index in [9.17, 15) is 4.79 Å². The van der Waals surface area contributed by atoms with Crippen molar-refractivity contribution >= 4 is 32.6 Å². The molecule has 1 N–H and O–H groups in total. The van der Waals surface area contributed by atoms with Crippen LogP contribution in [-0.2, 0) is 0 Å². The molecule has 1 aromatic carbocycles. The van der Waals surface area contributed by atoms with Crippen molar-refractivity contribution in [3.8, 4) is 5.75 Å². The number of carbonyl (C=O) groups is 1. The molecule has 2 rings (SSSR count). The second-order valence-corrected chi connectivity index (χ2v) is 4.68. The van der Waals surface area contributed by atoms with Crippen molar-refractivity contribution in [2.45, 2.75) is 6.92 Å². The number of H-pyrrole nitrogens is 1. The number of alkyl halides is 1. The van der Waals surface area contributed by atoms with Gasteiger partial charge in [-0.25, -0.2) is 0 Å². The summed E-state index contributed by atoms with van der Waals surface area (Å²) in [6.07, 6.45) is 1.77. The van der Waals surface area contributed by atoms with Crippen LogP contribution in [0.25, 0.3) is 10.9 Å². The number of ether oxygens (including phenoxy) is 1. The van der Waals surface area contributed by atoms with Crippen molar-refractivity contribution in [3.05, 3.63) is 30.0 Å². The number of halogens is 1. The van der Waals surface area contributed by atoms with Crippen LogP contribution in [0.2, 0.25) is 0 Å². The molecule has 0 aliphatic rings. The summed E-state index contributed by atoms with van der Waals surface area (Å²) in [5, 5.41) is 1.59. The smallest absolute Gasteiger partial charge is 0.168 e. The Morgan fingerprint density at radius 2 is 2.29 bits per heavy atom. The minimum absolute atomic E-state index is 0.0276. The number of fused-ring (bicyclic) bond motifs is 1. The van der Waals surface area contributed by atoms with Crippen molar-refractivity contribution in [2.24, 2.45) is 5.92 Å². The lowest BCUT2D eigenvalue weighted by atomic mass is 10.0. The summed E-state index contributed by atoms with van der Waals surface area (Å²) in [7, 11) is 1.62. The van der Waals surface area contributed by atoms with Gasteiger partial charge in [0, 0.05) is 33.9 Å². The minimum Gasteiger partial charge on any atom is -0.497 e. The normalized spacial score (nSPS) is 12.6. The SMILES string of the molecule is COc1ccc2[nH]cc(C(=O)[C@@H](C)CBr)c2c1. The van der Waals surface area contributed by atoms with Gasteiger partial charge in [-0.2, -0.15) is 0 Å². The van der Waals surface area contributed by atoms with Gasteiger partial charge in [-0.15, -0.1) is 0 Å². The zero-order valence-corrected chi connectivity index (χ0v) is 11.4. The molecule has 0 unspecified atom stereocenters. The third-order valence-electron chi connectivity index (χ3n) is 2.83. The van der Waals surface area contributed by atoms with Crippen molar-refractivity contribution in [1.82, 2.24) is 4.98 Å². The number of Topliss-reactive ketones (excluding diaryl/α,β-unsaturated/α-hetero) is 1. The molecule has 0 bridgehead atoms. The van der Waals surface area contributed by atoms with Crippen LogP contribution in [0, 0.1) is 5.92 Å². The third kappa shape index (κ3) is 2.22. The lowest BCUT2D eigenvalue weighted by molar-refractivity contribution is 0.0944. The average molecular weight is 296 g/mol. The molecule has 2 aromatic rings. The zero-order chi connectivity index (χ0) is 12.4. The Labute approximate surface area is 108 Å². The largest absolute Gasteiger partial charge is 0.497 e. The van der Waals surface area contributed by atoms with Crippen LogP contribution in [0.3, 0.4) is 0 Å². The second kappa shape index (κ2) is 4.92. The Bertz CT molecular complexity index is 547. The maximum atomic E-state index is 12.2. The first-order valence-electron chi connectivity index (χ1n) is 5.42. The summed E-state index contributed by atoms with van der Waals surface area (Å²) in [6, 6.07) is 5.69. The number of nitrogens with one attached hydrogen (secondary N) is 1. The number of hydrogen-bond acceptors (Lipinski definition) is 2. The first-order valence-corrected chi connectivity index (χ1v) is 6.54. The van der Waals surface area contributed by atoms with E-state index in [2.05, 4.69) is 20.9 Å². The molecule has 1 heterocycles. The van der Waals surface area contributed by atoms with Gasteiger partial charge in [0.05, 0.1) is 7.11 Å². The molecule has 0 spiro atoms. The van der Waals surface area contributed by atoms with Crippen LogP contribution in [0.15, 0.2) is 24.4 Å². The van der Waals surface area contributed by atoms with E-state index in [4.69, 9.17) is 4.74 Å². The van der Waals surface area contributed by atoms with E-state index in [1.54, 1.807) is 13.3 Å². The predicted octanol–water partition coefficient (Wildman–Crippen LogP) is 3.39. The Hall–Kier alpha value is -1.29. The maximum absolute atomic E-state index is 12.2.